The van der Waals surface area contributed by atoms with Crippen molar-refractivity contribution in [1.82, 2.24) is 0 Å². The summed E-state index contributed by atoms with van der Waals surface area (Å²) in [6, 6.07) is 9.76. The van der Waals surface area contributed by atoms with E-state index in [0.717, 1.165) is 6.42 Å². The molecular formula is C10H8ClN. The molecule has 0 unspecified atom stereocenters. The van der Waals surface area contributed by atoms with E-state index in [0.29, 0.717) is 16.9 Å². The van der Waals surface area contributed by atoms with Crippen LogP contribution in [0, 0.1) is 11.3 Å². The Hall–Kier alpha value is -1.00. The largest absolute Gasteiger partial charge is 0.192 e. The van der Waals surface area contributed by atoms with Gasteiger partial charge in [0.05, 0.1) is 11.6 Å². The van der Waals surface area contributed by atoms with Gasteiger partial charge < -0.3 is 0 Å². The molecule has 1 saturated carbocycles. The van der Waals surface area contributed by atoms with Crippen molar-refractivity contribution in [3.05, 3.63) is 35.4 Å². The Morgan fingerprint density at radius 3 is 2.33 bits per heavy atom. The van der Waals surface area contributed by atoms with Gasteiger partial charge in [-0.1, -0.05) is 12.1 Å². The predicted molar refractivity (Wildman–Crippen MR) is 48.2 cm³/mol. The maximum Gasteiger partial charge on any atom is 0.0991 e. The fourth-order valence-electron chi connectivity index (χ4n) is 1.31. The number of hydrogen-bond donors (Lipinski definition) is 0. The number of halogens is 1. The Labute approximate surface area is 76.6 Å². The molecule has 60 valence electrons. The van der Waals surface area contributed by atoms with Crippen molar-refractivity contribution in [1.29, 1.82) is 5.26 Å². The molecule has 1 aromatic carbocycles. The topological polar surface area (TPSA) is 23.8 Å². The van der Waals surface area contributed by atoms with E-state index >= 15 is 0 Å². The highest BCUT2D eigenvalue weighted by atomic mass is 35.5. The fraction of sp³-hybridized carbons (Fsp3) is 0.300. The average molecular weight is 178 g/mol. The number of nitrogens with zero attached hydrogens (tertiary/aromatic N) is 1. The van der Waals surface area contributed by atoms with Crippen molar-refractivity contribution >= 4 is 11.6 Å². The van der Waals surface area contributed by atoms with E-state index in [9.17, 15) is 0 Å². The first-order chi connectivity index (χ1) is 5.81. The lowest BCUT2D eigenvalue weighted by atomic mass is 10.1. The molecule has 1 fully saturated rings. The molecule has 1 nitrogen and oxygen atoms in total. The first-order valence-corrected chi connectivity index (χ1v) is 4.39. The second-order valence-corrected chi connectivity index (χ2v) is 3.65. The molecule has 2 atom stereocenters. The molecule has 0 saturated heterocycles. The number of nitriles is 1. The van der Waals surface area contributed by atoms with Crippen LogP contribution < -0.4 is 0 Å². The summed E-state index contributed by atoms with van der Waals surface area (Å²) in [5.41, 5.74) is 1.97. The molecular weight excluding hydrogens is 170 g/mol. The fourth-order valence-corrected chi connectivity index (χ4v) is 1.65. The van der Waals surface area contributed by atoms with E-state index < -0.39 is 0 Å². The maximum absolute atomic E-state index is 8.56. The summed E-state index contributed by atoms with van der Waals surface area (Å²) < 4.78 is 0. The zero-order valence-electron chi connectivity index (χ0n) is 6.50. The second kappa shape index (κ2) is 2.80. The summed E-state index contributed by atoms with van der Waals surface area (Å²) in [6.45, 7) is 0. The van der Waals surface area contributed by atoms with Crippen LogP contribution >= 0.6 is 11.6 Å². The Bertz CT molecular complexity index is 323. The van der Waals surface area contributed by atoms with Crippen LogP contribution in [0.15, 0.2) is 24.3 Å². The Morgan fingerprint density at radius 2 is 1.92 bits per heavy atom. The van der Waals surface area contributed by atoms with Gasteiger partial charge in [0.25, 0.3) is 0 Å². The molecule has 0 spiro atoms. The number of benzene rings is 1. The molecule has 1 aliphatic rings. The highest BCUT2D eigenvalue weighted by Crippen LogP contribution is 2.44. The summed E-state index contributed by atoms with van der Waals surface area (Å²) in [5, 5.41) is 8.88. The predicted octanol–water partition coefficient (Wildman–Crippen LogP) is 2.65. The first kappa shape index (κ1) is 7.64. The molecule has 0 aromatic heterocycles. The Morgan fingerprint density at radius 1 is 1.33 bits per heavy atom. The van der Waals surface area contributed by atoms with Crippen molar-refractivity contribution in [2.75, 3.05) is 0 Å². The normalized spacial score (nSPS) is 26.3. The van der Waals surface area contributed by atoms with Gasteiger partial charge in [0, 0.05) is 11.3 Å². The van der Waals surface area contributed by atoms with Crippen molar-refractivity contribution < 1.29 is 0 Å². The number of hydrogen-bond acceptors (Lipinski definition) is 1. The van der Waals surface area contributed by atoms with E-state index in [1.54, 1.807) is 0 Å². The SMILES string of the molecule is N#Cc1ccc([C@H]2C[C@H]2Cl)cc1. The summed E-state index contributed by atoms with van der Waals surface area (Å²) in [7, 11) is 0. The van der Waals surface area contributed by atoms with Crippen LogP contribution in [0.4, 0.5) is 0 Å². The number of rotatable bonds is 1. The molecule has 0 N–H and O–H groups in total. The quantitative estimate of drug-likeness (QED) is 0.605. The average Bonchev–Trinajstić information content (AvgIpc) is 2.83. The van der Waals surface area contributed by atoms with Gasteiger partial charge in [0.15, 0.2) is 0 Å². The van der Waals surface area contributed by atoms with Crippen LogP contribution in [-0.2, 0) is 0 Å². The lowest BCUT2D eigenvalue weighted by molar-refractivity contribution is 1.13. The molecule has 1 aliphatic carbocycles. The van der Waals surface area contributed by atoms with Crippen LogP contribution in [0.1, 0.15) is 23.5 Å². The smallest absolute Gasteiger partial charge is 0.0991 e. The van der Waals surface area contributed by atoms with Gasteiger partial charge >= 0.3 is 0 Å². The Kier molecular flexibility index (Phi) is 1.78. The minimum Gasteiger partial charge on any atom is -0.192 e. The van der Waals surface area contributed by atoms with Gasteiger partial charge in [-0.3, -0.25) is 0 Å². The standard InChI is InChI=1S/C10H8ClN/c11-10-5-9(10)8-3-1-7(6-12)2-4-8/h1-4,9-10H,5H2/t9-,10-/m1/s1. The highest BCUT2D eigenvalue weighted by molar-refractivity contribution is 6.23. The van der Waals surface area contributed by atoms with E-state index in [1.807, 2.05) is 24.3 Å². The van der Waals surface area contributed by atoms with Gasteiger partial charge in [-0.05, 0) is 24.1 Å². The Balaban J connectivity index is 2.21. The molecule has 12 heavy (non-hydrogen) atoms. The van der Waals surface area contributed by atoms with Crippen LogP contribution in [-0.4, -0.2) is 5.38 Å². The molecule has 0 bridgehead atoms. The third-order valence-corrected chi connectivity index (χ3v) is 2.66. The lowest BCUT2D eigenvalue weighted by Crippen LogP contribution is -1.82. The molecule has 1 aromatic rings. The maximum atomic E-state index is 8.56. The molecule has 2 rings (SSSR count). The van der Waals surface area contributed by atoms with Crippen molar-refractivity contribution in [2.45, 2.75) is 17.7 Å². The third kappa shape index (κ3) is 1.31. The van der Waals surface area contributed by atoms with E-state index in [2.05, 4.69) is 6.07 Å². The van der Waals surface area contributed by atoms with Crippen molar-refractivity contribution in [3.63, 3.8) is 0 Å². The molecule has 0 amide bonds. The highest BCUT2D eigenvalue weighted by Gasteiger charge is 2.36. The number of alkyl halides is 1. The van der Waals surface area contributed by atoms with Gasteiger partial charge in [0.1, 0.15) is 0 Å². The zero-order chi connectivity index (χ0) is 8.55. The van der Waals surface area contributed by atoms with Gasteiger partial charge in [-0.25, -0.2) is 0 Å². The van der Waals surface area contributed by atoms with E-state index in [-0.39, 0.29) is 0 Å². The van der Waals surface area contributed by atoms with E-state index in [1.165, 1.54) is 5.56 Å². The van der Waals surface area contributed by atoms with Crippen LogP contribution in [0.25, 0.3) is 0 Å². The molecule has 0 aliphatic heterocycles. The summed E-state index contributed by atoms with van der Waals surface area (Å²) >= 11 is 5.90. The van der Waals surface area contributed by atoms with Crippen LogP contribution in [0.5, 0.6) is 0 Å². The van der Waals surface area contributed by atoms with Gasteiger partial charge in [0.2, 0.25) is 0 Å². The summed E-state index contributed by atoms with van der Waals surface area (Å²) in [6.07, 6.45) is 1.08. The van der Waals surface area contributed by atoms with Crippen LogP contribution in [0.3, 0.4) is 0 Å². The third-order valence-electron chi connectivity index (χ3n) is 2.18. The van der Waals surface area contributed by atoms with Crippen molar-refractivity contribution in [2.24, 2.45) is 0 Å². The van der Waals surface area contributed by atoms with Gasteiger partial charge in [-0.15, -0.1) is 11.6 Å². The lowest BCUT2D eigenvalue weighted by Gasteiger charge is -1.96. The van der Waals surface area contributed by atoms with Crippen LogP contribution in [0.2, 0.25) is 0 Å². The summed E-state index contributed by atoms with van der Waals surface area (Å²) in [5.74, 6) is 0.527. The molecule has 2 heteroatoms. The van der Waals surface area contributed by atoms with Gasteiger partial charge in [-0.2, -0.15) is 5.26 Å². The minimum atomic E-state index is 0.318. The monoisotopic (exact) mass is 177 g/mol. The molecule has 0 radical (unpaired) electrons. The zero-order valence-corrected chi connectivity index (χ0v) is 7.25. The second-order valence-electron chi connectivity index (χ2n) is 3.09. The van der Waals surface area contributed by atoms with E-state index in [4.69, 9.17) is 16.9 Å². The van der Waals surface area contributed by atoms with Crippen molar-refractivity contribution in [3.8, 4) is 6.07 Å². The summed E-state index contributed by atoms with van der Waals surface area (Å²) in [4.78, 5) is 0. The molecule has 0 heterocycles. The first-order valence-electron chi connectivity index (χ1n) is 3.95. The minimum absolute atomic E-state index is 0.318.